The highest BCUT2D eigenvalue weighted by Gasteiger charge is 2.25. The quantitative estimate of drug-likeness (QED) is 0.413. The lowest BCUT2D eigenvalue weighted by Crippen LogP contribution is -2.40. The van der Waals surface area contributed by atoms with Crippen LogP contribution in [0.1, 0.15) is 41.8 Å². The average Bonchev–Trinajstić information content (AvgIpc) is 3.31. The Morgan fingerprint density at radius 3 is 2.76 bits per heavy atom. The number of carbonyl (C=O) groups excluding carboxylic acids is 1. The fraction of sp³-hybridized carbons (Fsp3) is 0.444. The van der Waals surface area contributed by atoms with Crippen molar-refractivity contribution < 1.29 is 9.32 Å². The Morgan fingerprint density at radius 2 is 1.97 bits per heavy atom. The van der Waals surface area contributed by atoms with Crippen molar-refractivity contribution in [2.75, 3.05) is 25.4 Å². The summed E-state index contributed by atoms with van der Waals surface area (Å²) in [4.78, 5) is 19.4. The van der Waals surface area contributed by atoms with Gasteiger partial charge in [0.05, 0.1) is 6.54 Å². The number of thioether (sulfide) groups is 1. The minimum atomic E-state index is 0.0985. The number of aryl methyl sites for hydroxylation is 2. The molecule has 7 heteroatoms. The third-order valence-corrected chi connectivity index (χ3v) is 7.44. The SMILES string of the molecule is Cc1cccc(-c2noc(CN3CCC(C(=O)NCCCSCc4ccccc4C)CC3)n2)c1. The van der Waals surface area contributed by atoms with Gasteiger partial charge < -0.3 is 9.84 Å². The summed E-state index contributed by atoms with van der Waals surface area (Å²) in [6.07, 6.45) is 2.74. The smallest absolute Gasteiger partial charge is 0.241 e. The van der Waals surface area contributed by atoms with Gasteiger partial charge in [0.15, 0.2) is 0 Å². The Kier molecular flexibility index (Phi) is 8.77. The number of piperidine rings is 1. The van der Waals surface area contributed by atoms with Gasteiger partial charge in [0, 0.05) is 23.8 Å². The summed E-state index contributed by atoms with van der Waals surface area (Å²) in [5.41, 5.74) is 4.89. The molecule has 1 amide bonds. The highest BCUT2D eigenvalue weighted by atomic mass is 32.2. The minimum absolute atomic E-state index is 0.0985. The van der Waals surface area contributed by atoms with E-state index in [2.05, 4.69) is 70.6 Å². The number of nitrogens with one attached hydrogen (secondary N) is 1. The van der Waals surface area contributed by atoms with Crippen LogP contribution in [0.3, 0.4) is 0 Å². The molecule has 6 nitrogen and oxygen atoms in total. The van der Waals surface area contributed by atoms with E-state index in [9.17, 15) is 4.79 Å². The van der Waals surface area contributed by atoms with Crippen molar-refractivity contribution in [3.8, 4) is 11.4 Å². The first-order chi connectivity index (χ1) is 16.6. The van der Waals surface area contributed by atoms with Gasteiger partial charge in [-0.15, -0.1) is 0 Å². The van der Waals surface area contributed by atoms with E-state index in [0.717, 1.165) is 56.0 Å². The molecule has 0 atom stereocenters. The van der Waals surface area contributed by atoms with Crippen molar-refractivity contribution in [2.24, 2.45) is 5.92 Å². The second-order valence-corrected chi connectivity index (χ2v) is 10.2. The topological polar surface area (TPSA) is 71.3 Å². The first-order valence-corrected chi connectivity index (χ1v) is 13.3. The molecule has 2 aromatic carbocycles. The largest absolute Gasteiger partial charge is 0.356 e. The first kappa shape index (κ1) is 24.5. The van der Waals surface area contributed by atoms with E-state index in [0.29, 0.717) is 18.3 Å². The third kappa shape index (κ3) is 6.93. The van der Waals surface area contributed by atoms with Crippen LogP contribution < -0.4 is 5.32 Å². The van der Waals surface area contributed by atoms with E-state index >= 15 is 0 Å². The van der Waals surface area contributed by atoms with Gasteiger partial charge in [-0.05, 0) is 69.1 Å². The normalized spacial score (nSPS) is 14.9. The number of likely N-dealkylation sites (tertiary alicyclic amines) is 1. The molecule has 3 aromatic rings. The summed E-state index contributed by atoms with van der Waals surface area (Å²) in [5.74, 6) is 3.64. The summed E-state index contributed by atoms with van der Waals surface area (Å²) >= 11 is 1.93. The molecular formula is C27H34N4O2S. The standard InChI is InChI=1S/C27H34N4O2S/c1-20-7-5-10-23(17-20)26-29-25(33-30-26)18-31-14-11-22(12-15-31)27(32)28-13-6-16-34-19-24-9-4-3-8-21(24)2/h3-5,7-10,17,22H,6,11-16,18-19H2,1-2H3,(H,28,32). The second kappa shape index (κ2) is 12.2. The number of rotatable bonds is 10. The Balaban J connectivity index is 1.12. The highest BCUT2D eigenvalue weighted by Crippen LogP contribution is 2.21. The minimum Gasteiger partial charge on any atom is -0.356 e. The molecule has 34 heavy (non-hydrogen) atoms. The molecule has 2 heterocycles. The summed E-state index contributed by atoms with van der Waals surface area (Å²) in [6, 6.07) is 16.6. The van der Waals surface area contributed by atoms with Crippen molar-refractivity contribution in [1.29, 1.82) is 0 Å². The lowest BCUT2D eigenvalue weighted by Gasteiger charge is -2.30. The molecule has 0 bridgehead atoms. The lowest BCUT2D eigenvalue weighted by atomic mass is 9.96. The zero-order valence-corrected chi connectivity index (χ0v) is 20.9. The molecule has 1 aliphatic heterocycles. The molecule has 0 saturated carbocycles. The number of carbonyl (C=O) groups is 1. The first-order valence-electron chi connectivity index (χ1n) is 12.1. The van der Waals surface area contributed by atoms with Crippen LogP contribution >= 0.6 is 11.8 Å². The fourth-order valence-electron chi connectivity index (χ4n) is 4.25. The molecular weight excluding hydrogens is 444 g/mol. The molecule has 0 spiro atoms. The monoisotopic (exact) mass is 478 g/mol. The van der Waals surface area contributed by atoms with Gasteiger partial charge in [0.25, 0.3) is 0 Å². The molecule has 0 aliphatic carbocycles. The number of benzene rings is 2. The molecule has 1 fully saturated rings. The van der Waals surface area contributed by atoms with Crippen LogP contribution in [-0.4, -0.2) is 46.3 Å². The highest BCUT2D eigenvalue weighted by molar-refractivity contribution is 7.98. The van der Waals surface area contributed by atoms with Gasteiger partial charge in [-0.1, -0.05) is 53.2 Å². The Bertz CT molecular complexity index is 1080. The third-order valence-electron chi connectivity index (χ3n) is 6.35. The van der Waals surface area contributed by atoms with Gasteiger partial charge in [0.2, 0.25) is 17.6 Å². The van der Waals surface area contributed by atoms with E-state index in [4.69, 9.17) is 4.52 Å². The van der Waals surface area contributed by atoms with Gasteiger partial charge in [-0.2, -0.15) is 16.7 Å². The summed E-state index contributed by atoms with van der Waals surface area (Å²) in [7, 11) is 0. The van der Waals surface area contributed by atoms with Crippen LogP contribution in [0.4, 0.5) is 0 Å². The predicted molar refractivity (Wildman–Crippen MR) is 137 cm³/mol. The fourth-order valence-corrected chi connectivity index (χ4v) is 5.29. The maximum absolute atomic E-state index is 12.6. The van der Waals surface area contributed by atoms with E-state index in [-0.39, 0.29) is 11.8 Å². The Morgan fingerprint density at radius 1 is 1.15 bits per heavy atom. The molecule has 1 N–H and O–H groups in total. The number of hydrogen-bond acceptors (Lipinski definition) is 6. The molecule has 0 unspecified atom stereocenters. The molecule has 4 rings (SSSR count). The molecule has 1 aromatic heterocycles. The maximum atomic E-state index is 12.6. The van der Waals surface area contributed by atoms with Crippen molar-refractivity contribution in [2.45, 2.75) is 45.4 Å². The van der Waals surface area contributed by atoms with Crippen molar-refractivity contribution >= 4 is 17.7 Å². The van der Waals surface area contributed by atoms with Crippen LogP contribution in [0, 0.1) is 19.8 Å². The van der Waals surface area contributed by atoms with Crippen LogP contribution in [0.15, 0.2) is 53.1 Å². The maximum Gasteiger partial charge on any atom is 0.241 e. The molecule has 1 aliphatic rings. The van der Waals surface area contributed by atoms with E-state index in [1.165, 1.54) is 16.7 Å². The van der Waals surface area contributed by atoms with Crippen LogP contribution in [-0.2, 0) is 17.1 Å². The second-order valence-electron chi connectivity index (χ2n) is 9.06. The number of aromatic nitrogens is 2. The van der Waals surface area contributed by atoms with Gasteiger partial charge >= 0.3 is 0 Å². The lowest BCUT2D eigenvalue weighted by molar-refractivity contribution is -0.126. The summed E-state index contributed by atoms with van der Waals surface area (Å²) < 4.78 is 5.47. The van der Waals surface area contributed by atoms with Crippen molar-refractivity contribution in [3.63, 3.8) is 0 Å². The number of nitrogens with zero attached hydrogens (tertiary/aromatic N) is 3. The van der Waals surface area contributed by atoms with Crippen LogP contribution in [0.2, 0.25) is 0 Å². The van der Waals surface area contributed by atoms with Crippen molar-refractivity contribution in [3.05, 3.63) is 71.1 Å². The van der Waals surface area contributed by atoms with E-state index in [1.807, 2.05) is 23.9 Å². The van der Waals surface area contributed by atoms with Gasteiger partial charge in [-0.3, -0.25) is 9.69 Å². The van der Waals surface area contributed by atoms with Crippen molar-refractivity contribution in [1.82, 2.24) is 20.4 Å². The molecule has 1 saturated heterocycles. The zero-order chi connectivity index (χ0) is 23.8. The predicted octanol–water partition coefficient (Wildman–Crippen LogP) is 5.01. The van der Waals surface area contributed by atoms with Crippen LogP contribution in [0.25, 0.3) is 11.4 Å². The van der Waals surface area contributed by atoms with E-state index < -0.39 is 0 Å². The van der Waals surface area contributed by atoms with Gasteiger partial charge in [-0.25, -0.2) is 0 Å². The van der Waals surface area contributed by atoms with E-state index in [1.54, 1.807) is 0 Å². The van der Waals surface area contributed by atoms with Crippen LogP contribution in [0.5, 0.6) is 0 Å². The van der Waals surface area contributed by atoms with Gasteiger partial charge in [0.1, 0.15) is 0 Å². The zero-order valence-electron chi connectivity index (χ0n) is 20.1. The number of hydrogen-bond donors (Lipinski definition) is 1. The Hall–Kier alpha value is -2.64. The molecule has 0 radical (unpaired) electrons. The summed E-state index contributed by atoms with van der Waals surface area (Å²) in [5, 5.41) is 7.28. The molecule has 180 valence electrons. The Labute approximate surface area is 206 Å². The number of amides is 1. The summed E-state index contributed by atoms with van der Waals surface area (Å²) in [6.45, 7) is 7.33. The average molecular weight is 479 g/mol.